The second-order valence-electron chi connectivity index (χ2n) is 6.16. The number of hydrogen-bond donors (Lipinski definition) is 1. The Morgan fingerprint density at radius 2 is 1.89 bits per heavy atom. The molecule has 2 aliphatic carbocycles. The van der Waals surface area contributed by atoms with Gasteiger partial charge in [-0.25, -0.2) is 0 Å². The Balaban J connectivity index is 1.75. The molecule has 2 aliphatic rings. The van der Waals surface area contributed by atoms with Crippen LogP contribution in [0.25, 0.3) is 0 Å². The van der Waals surface area contributed by atoms with Gasteiger partial charge in [-0.1, -0.05) is 43.2 Å². The van der Waals surface area contributed by atoms with E-state index in [9.17, 15) is 0 Å². The van der Waals surface area contributed by atoms with Crippen LogP contribution in [0.5, 0.6) is 0 Å². The van der Waals surface area contributed by atoms with Crippen molar-refractivity contribution >= 4 is 0 Å². The summed E-state index contributed by atoms with van der Waals surface area (Å²) in [6.07, 6.45) is 6.37. The standard InChI is InChI=1S/C17H25NO/c1-18-16(17(19-2)10-6-7-11-17)15-12-14(15)13-8-4-3-5-9-13/h3-5,8-9,14-16,18H,6-7,10-12H2,1-2H3. The smallest absolute Gasteiger partial charge is 0.0833 e. The second kappa shape index (κ2) is 5.26. The summed E-state index contributed by atoms with van der Waals surface area (Å²) in [5, 5.41) is 3.57. The second-order valence-corrected chi connectivity index (χ2v) is 6.16. The highest BCUT2D eigenvalue weighted by atomic mass is 16.5. The van der Waals surface area contributed by atoms with Crippen LogP contribution in [0, 0.1) is 5.92 Å². The summed E-state index contributed by atoms with van der Waals surface area (Å²) in [6, 6.07) is 11.5. The van der Waals surface area contributed by atoms with Crippen molar-refractivity contribution in [3.63, 3.8) is 0 Å². The van der Waals surface area contributed by atoms with Crippen LogP contribution in [-0.4, -0.2) is 25.8 Å². The Morgan fingerprint density at radius 1 is 1.21 bits per heavy atom. The number of nitrogens with one attached hydrogen (secondary N) is 1. The van der Waals surface area contributed by atoms with Crippen LogP contribution in [-0.2, 0) is 4.74 Å². The minimum Gasteiger partial charge on any atom is -0.377 e. The summed E-state index contributed by atoms with van der Waals surface area (Å²) >= 11 is 0. The van der Waals surface area contributed by atoms with E-state index in [1.54, 1.807) is 0 Å². The lowest BCUT2D eigenvalue weighted by molar-refractivity contribution is -0.0402. The highest BCUT2D eigenvalue weighted by Gasteiger charge is 2.53. The molecule has 1 aromatic carbocycles. The van der Waals surface area contributed by atoms with Crippen molar-refractivity contribution in [2.75, 3.05) is 14.2 Å². The summed E-state index contributed by atoms with van der Waals surface area (Å²) < 4.78 is 5.97. The predicted octanol–water partition coefficient (Wildman–Crippen LogP) is 3.34. The van der Waals surface area contributed by atoms with E-state index in [2.05, 4.69) is 42.7 Å². The summed E-state index contributed by atoms with van der Waals surface area (Å²) in [4.78, 5) is 0. The molecule has 1 N–H and O–H groups in total. The normalized spacial score (nSPS) is 30.2. The number of likely N-dealkylation sites (N-methyl/N-ethyl adjacent to an activating group) is 1. The first kappa shape index (κ1) is 13.1. The number of benzene rings is 1. The zero-order chi connectivity index (χ0) is 13.3. The molecular weight excluding hydrogens is 234 g/mol. The van der Waals surface area contributed by atoms with E-state index in [0.29, 0.717) is 6.04 Å². The van der Waals surface area contributed by atoms with E-state index >= 15 is 0 Å². The first-order valence-corrected chi connectivity index (χ1v) is 7.58. The summed E-state index contributed by atoms with van der Waals surface area (Å²) in [7, 11) is 4.00. The van der Waals surface area contributed by atoms with Crippen molar-refractivity contribution in [2.24, 2.45) is 5.92 Å². The lowest BCUT2D eigenvalue weighted by Gasteiger charge is -2.37. The summed E-state index contributed by atoms with van der Waals surface area (Å²) in [5.41, 5.74) is 1.58. The van der Waals surface area contributed by atoms with Crippen molar-refractivity contribution in [1.82, 2.24) is 5.32 Å². The van der Waals surface area contributed by atoms with E-state index < -0.39 is 0 Å². The molecule has 104 valence electrons. The molecule has 3 unspecified atom stereocenters. The van der Waals surface area contributed by atoms with Gasteiger partial charge in [0.05, 0.1) is 5.60 Å². The molecule has 0 saturated heterocycles. The van der Waals surface area contributed by atoms with Gasteiger partial charge in [-0.05, 0) is 43.7 Å². The maximum atomic E-state index is 5.97. The van der Waals surface area contributed by atoms with Crippen LogP contribution >= 0.6 is 0 Å². The highest BCUT2D eigenvalue weighted by Crippen LogP contribution is 2.54. The lowest BCUT2D eigenvalue weighted by Crippen LogP contribution is -2.50. The van der Waals surface area contributed by atoms with Crippen LogP contribution in [0.2, 0.25) is 0 Å². The van der Waals surface area contributed by atoms with Crippen LogP contribution in [0.4, 0.5) is 0 Å². The molecule has 2 heteroatoms. The van der Waals surface area contributed by atoms with Gasteiger partial charge >= 0.3 is 0 Å². The van der Waals surface area contributed by atoms with Crippen LogP contribution in [0.1, 0.15) is 43.6 Å². The quantitative estimate of drug-likeness (QED) is 0.875. The van der Waals surface area contributed by atoms with Gasteiger partial charge in [0, 0.05) is 13.2 Å². The van der Waals surface area contributed by atoms with Crippen molar-refractivity contribution < 1.29 is 4.74 Å². The Hall–Kier alpha value is -0.860. The fraction of sp³-hybridized carbons (Fsp3) is 0.647. The summed E-state index contributed by atoms with van der Waals surface area (Å²) in [5.74, 6) is 1.47. The summed E-state index contributed by atoms with van der Waals surface area (Å²) in [6.45, 7) is 0. The largest absolute Gasteiger partial charge is 0.377 e. The van der Waals surface area contributed by atoms with Crippen LogP contribution in [0.15, 0.2) is 30.3 Å². The Kier molecular flexibility index (Phi) is 3.64. The zero-order valence-electron chi connectivity index (χ0n) is 12.1. The SMILES string of the molecule is CNC(C1CC1c1ccccc1)C1(OC)CCCC1. The molecule has 0 aromatic heterocycles. The third-order valence-corrected chi connectivity index (χ3v) is 5.23. The molecule has 1 aromatic rings. The van der Waals surface area contributed by atoms with Crippen LogP contribution < -0.4 is 5.32 Å². The van der Waals surface area contributed by atoms with Gasteiger partial charge in [0.1, 0.15) is 0 Å². The molecule has 0 radical (unpaired) electrons. The number of ether oxygens (including phenoxy) is 1. The third kappa shape index (κ3) is 2.32. The molecule has 0 aliphatic heterocycles. The molecule has 0 heterocycles. The van der Waals surface area contributed by atoms with E-state index in [1.807, 2.05) is 7.11 Å². The average molecular weight is 259 g/mol. The van der Waals surface area contributed by atoms with Gasteiger partial charge in [0.2, 0.25) is 0 Å². The number of methoxy groups -OCH3 is 1. The van der Waals surface area contributed by atoms with Gasteiger partial charge in [-0.15, -0.1) is 0 Å². The Bertz CT molecular complexity index is 411. The van der Waals surface area contributed by atoms with E-state index in [1.165, 1.54) is 37.7 Å². The van der Waals surface area contributed by atoms with Gasteiger partial charge in [-0.2, -0.15) is 0 Å². The molecule has 2 fully saturated rings. The maximum Gasteiger partial charge on any atom is 0.0833 e. The molecular formula is C17H25NO. The number of rotatable bonds is 5. The monoisotopic (exact) mass is 259 g/mol. The minimum absolute atomic E-state index is 0.0863. The maximum absolute atomic E-state index is 5.97. The van der Waals surface area contributed by atoms with Crippen molar-refractivity contribution in [3.05, 3.63) is 35.9 Å². The lowest BCUT2D eigenvalue weighted by atomic mass is 9.87. The fourth-order valence-corrected chi connectivity index (χ4v) is 4.15. The molecule has 0 bridgehead atoms. The van der Waals surface area contributed by atoms with E-state index in [4.69, 9.17) is 4.74 Å². The third-order valence-electron chi connectivity index (χ3n) is 5.23. The predicted molar refractivity (Wildman–Crippen MR) is 78.3 cm³/mol. The van der Waals surface area contributed by atoms with Gasteiger partial charge < -0.3 is 10.1 Å². The molecule has 19 heavy (non-hydrogen) atoms. The van der Waals surface area contributed by atoms with Crippen LogP contribution in [0.3, 0.4) is 0 Å². The van der Waals surface area contributed by atoms with Gasteiger partial charge in [0.15, 0.2) is 0 Å². The highest BCUT2D eigenvalue weighted by molar-refractivity contribution is 5.28. The van der Waals surface area contributed by atoms with E-state index in [-0.39, 0.29) is 5.60 Å². The number of hydrogen-bond acceptors (Lipinski definition) is 2. The average Bonchev–Trinajstić information content (AvgIpc) is 3.09. The Labute approximate surface area is 116 Å². The molecule has 3 atom stereocenters. The van der Waals surface area contributed by atoms with Gasteiger partial charge in [0.25, 0.3) is 0 Å². The van der Waals surface area contributed by atoms with Crippen molar-refractivity contribution in [2.45, 2.75) is 49.7 Å². The molecule has 0 spiro atoms. The molecule has 2 saturated carbocycles. The Morgan fingerprint density at radius 3 is 2.47 bits per heavy atom. The topological polar surface area (TPSA) is 21.3 Å². The first-order valence-electron chi connectivity index (χ1n) is 7.58. The van der Waals surface area contributed by atoms with Gasteiger partial charge in [-0.3, -0.25) is 0 Å². The van der Waals surface area contributed by atoms with Crippen molar-refractivity contribution in [1.29, 1.82) is 0 Å². The van der Waals surface area contributed by atoms with E-state index in [0.717, 1.165) is 11.8 Å². The molecule has 0 amide bonds. The molecule has 3 rings (SSSR count). The minimum atomic E-state index is 0.0863. The zero-order valence-corrected chi connectivity index (χ0v) is 12.1. The molecule has 2 nitrogen and oxygen atoms in total. The van der Waals surface area contributed by atoms with Crippen molar-refractivity contribution in [3.8, 4) is 0 Å². The fourth-order valence-electron chi connectivity index (χ4n) is 4.15. The first-order chi connectivity index (χ1) is 9.30.